The number of rotatable bonds is 4. The number of nitrogens with one attached hydrogen (secondary N) is 1. The maximum Gasteiger partial charge on any atom is 0.261 e. The minimum absolute atomic E-state index is 0.161. The Balaban J connectivity index is 1.85. The highest BCUT2D eigenvalue weighted by Gasteiger charge is 2.22. The summed E-state index contributed by atoms with van der Waals surface area (Å²) in [6.07, 6.45) is 3.07. The van der Waals surface area contributed by atoms with Gasteiger partial charge >= 0.3 is 0 Å². The predicted octanol–water partition coefficient (Wildman–Crippen LogP) is 4.08. The van der Waals surface area contributed by atoms with Crippen LogP contribution in [0.4, 0.5) is 5.69 Å². The first-order valence-corrected chi connectivity index (χ1v) is 10.4. The number of benzene rings is 2. The number of sulfonamides is 1. The van der Waals surface area contributed by atoms with Crippen LogP contribution in [0.25, 0.3) is 0 Å². The van der Waals surface area contributed by atoms with Crippen molar-refractivity contribution in [3.63, 3.8) is 0 Å². The third-order valence-corrected chi connectivity index (χ3v) is 6.15. The van der Waals surface area contributed by atoms with Gasteiger partial charge in [-0.25, -0.2) is 8.42 Å². The quantitative estimate of drug-likeness (QED) is 0.852. The summed E-state index contributed by atoms with van der Waals surface area (Å²) in [5.41, 5.74) is 1.61. The van der Waals surface area contributed by atoms with Crippen molar-refractivity contribution in [1.82, 2.24) is 4.90 Å². The van der Waals surface area contributed by atoms with Crippen LogP contribution in [0.1, 0.15) is 35.2 Å². The van der Waals surface area contributed by atoms with E-state index in [1.165, 1.54) is 6.07 Å². The Morgan fingerprint density at radius 3 is 2.35 bits per heavy atom. The Hall–Kier alpha value is -2.05. The van der Waals surface area contributed by atoms with E-state index in [0.29, 0.717) is 29.4 Å². The van der Waals surface area contributed by atoms with E-state index in [-0.39, 0.29) is 10.8 Å². The van der Waals surface area contributed by atoms with Gasteiger partial charge in [0.15, 0.2) is 0 Å². The van der Waals surface area contributed by atoms with E-state index in [2.05, 4.69) is 4.72 Å². The molecule has 26 heavy (non-hydrogen) atoms. The normalized spacial score (nSPS) is 14.9. The van der Waals surface area contributed by atoms with Gasteiger partial charge in [0.25, 0.3) is 15.9 Å². The molecular weight excluding hydrogens is 372 g/mol. The van der Waals surface area contributed by atoms with E-state index in [9.17, 15) is 13.2 Å². The molecule has 3 rings (SSSR count). The van der Waals surface area contributed by atoms with Gasteiger partial charge in [0, 0.05) is 18.8 Å². The SMILES string of the molecule is Cc1ccc(S(=O)(=O)Nc2ccc(Cl)c(C(=O)N3CCCCC3)c2)cc1. The number of carbonyl (C=O) groups excluding carboxylic acids is 1. The number of hydrogen-bond donors (Lipinski definition) is 1. The summed E-state index contributed by atoms with van der Waals surface area (Å²) in [5, 5.41) is 0.318. The number of halogens is 1. The molecule has 1 fully saturated rings. The maximum absolute atomic E-state index is 12.7. The van der Waals surface area contributed by atoms with Crippen LogP contribution < -0.4 is 4.72 Å². The Bertz CT molecular complexity index is 905. The monoisotopic (exact) mass is 392 g/mol. The molecule has 2 aromatic rings. The number of piperidine rings is 1. The smallest absolute Gasteiger partial charge is 0.261 e. The van der Waals surface area contributed by atoms with Crippen LogP contribution in [-0.2, 0) is 10.0 Å². The number of hydrogen-bond acceptors (Lipinski definition) is 3. The molecule has 138 valence electrons. The van der Waals surface area contributed by atoms with Gasteiger partial charge in [0.1, 0.15) is 0 Å². The first-order valence-electron chi connectivity index (χ1n) is 8.55. The second kappa shape index (κ2) is 7.68. The summed E-state index contributed by atoms with van der Waals surface area (Å²) in [6.45, 7) is 3.30. The lowest BCUT2D eigenvalue weighted by atomic mass is 10.1. The van der Waals surface area contributed by atoms with Crippen LogP contribution >= 0.6 is 11.6 Å². The third-order valence-electron chi connectivity index (χ3n) is 4.42. The van der Waals surface area contributed by atoms with Crippen molar-refractivity contribution in [2.24, 2.45) is 0 Å². The molecule has 2 aromatic carbocycles. The summed E-state index contributed by atoms with van der Waals surface area (Å²) in [4.78, 5) is 14.6. The molecule has 0 spiro atoms. The van der Waals surface area contributed by atoms with Gasteiger partial charge in [-0.15, -0.1) is 0 Å². The van der Waals surface area contributed by atoms with Crippen LogP contribution in [0, 0.1) is 6.92 Å². The molecule has 0 unspecified atom stereocenters. The molecule has 0 aliphatic carbocycles. The molecule has 7 heteroatoms. The lowest BCUT2D eigenvalue weighted by Gasteiger charge is -2.27. The molecule has 0 aromatic heterocycles. The van der Waals surface area contributed by atoms with Crippen molar-refractivity contribution in [3.8, 4) is 0 Å². The highest BCUT2D eigenvalue weighted by Crippen LogP contribution is 2.25. The number of aryl methyl sites for hydroxylation is 1. The molecule has 1 heterocycles. The molecule has 0 radical (unpaired) electrons. The molecule has 5 nitrogen and oxygen atoms in total. The van der Waals surface area contributed by atoms with E-state index in [1.54, 1.807) is 41.3 Å². The summed E-state index contributed by atoms with van der Waals surface area (Å²) in [7, 11) is -3.73. The van der Waals surface area contributed by atoms with Crippen molar-refractivity contribution in [2.75, 3.05) is 17.8 Å². The zero-order valence-electron chi connectivity index (χ0n) is 14.5. The minimum Gasteiger partial charge on any atom is -0.339 e. The van der Waals surface area contributed by atoms with Gasteiger partial charge < -0.3 is 4.90 Å². The first-order chi connectivity index (χ1) is 12.4. The van der Waals surface area contributed by atoms with E-state index in [1.807, 2.05) is 6.92 Å². The maximum atomic E-state index is 12.7. The molecule has 0 bridgehead atoms. The fourth-order valence-corrected chi connectivity index (χ4v) is 4.20. The van der Waals surface area contributed by atoms with E-state index >= 15 is 0 Å². The molecule has 1 N–H and O–H groups in total. The van der Waals surface area contributed by atoms with E-state index in [0.717, 1.165) is 24.8 Å². The predicted molar refractivity (Wildman–Crippen MR) is 103 cm³/mol. The van der Waals surface area contributed by atoms with Gasteiger partial charge in [-0.3, -0.25) is 9.52 Å². The Morgan fingerprint density at radius 2 is 1.69 bits per heavy atom. The van der Waals surface area contributed by atoms with Crippen molar-refractivity contribution >= 4 is 33.2 Å². The average Bonchev–Trinajstić information content (AvgIpc) is 2.63. The number of likely N-dealkylation sites (tertiary alicyclic amines) is 1. The second-order valence-corrected chi connectivity index (χ2v) is 8.56. The molecular formula is C19H21ClN2O3S. The average molecular weight is 393 g/mol. The number of anilines is 1. The molecule has 1 saturated heterocycles. The molecule has 1 aliphatic heterocycles. The standard InChI is InChI=1S/C19H21ClN2O3S/c1-14-5-8-16(9-6-14)26(24,25)21-15-7-10-18(20)17(13-15)19(23)22-11-3-2-4-12-22/h5-10,13,21H,2-4,11-12H2,1H3. The Morgan fingerprint density at radius 1 is 1.04 bits per heavy atom. The van der Waals surface area contributed by atoms with Gasteiger partial charge in [0.05, 0.1) is 15.5 Å². The zero-order valence-corrected chi connectivity index (χ0v) is 16.1. The van der Waals surface area contributed by atoms with Gasteiger partial charge in [-0.2, -0.15) is 0 Å². The molecule has 1 aliphatic rings. The van der Waals surface area contributed by atoms with Gasteiger partial charge in [0.2, 0.25) is 0 Å². The number of carbonyl (C=O) groups is 1. The van der Waals surface area contributed by atoms with Crippen LogP contribution in [0.15, 0.2) is 47.4 Å². The summed E-state index contributed by atoms with van der Waals surface area (Å²) in [5.74, 6) is -0.161. The fraction of sp³-hybridized carbons (Fsp3) is 0.316. The van der Waals surface area contributed by atoms with Crippen LogP contribution in [0.2, 0.25) is 5.02 Å². The lowest BCUT2D eigenvalue weighted by Crippen LogP contribution is -2.35. The van der Waals surface area contributed by atoms with Crippen molar-refractivity contribution in [3.05, 3.63) is 58.6 Å². The number of nitrogens with zero attached hydrogens (tertiary/aromatic N) is 1. The molecule has 0 atom stereocenters. The van der Waals surface area contributed by atoms with Crippen LogP contribution in [-0.4, -0.2) is 32.3 Å². The highest BCUT2D eigenvalue weighted by atomic mass is 35.5. The first kappa shape index (κ1) is 18.7. The van der Waals surface area contributed by atoms with Crippen molar-refractivity contribution in [2.45, 2.75) is 31.1 Å². The zero-order chi connectivity index (χ0) is 18.7. The summed E-state index contributed by atoms with van der Waals surface area (Å²) in [6, 6.07) is 11.2. The number of amides is 1. The third kappa shape index (κ3) is 4.19. The highest BCUT2D eigenvalue weighted by molar-refractivity contribution is 7.92. The second-order valence-electron chi connectivity index (χ2n) is 6.47. The fourth-order valence-electron chi connectivity index (χ4n) is 2.95. The molecule has 1 amide bonds. The van der Waals surface area contributed by atoms with E-state index in [4.69, 9.17) is 11.6 Å². The van der Waals surface area contributed by atoms with Gasteiger partial charge in [-0.1, -0.05) is 29.3 Å². The molecule has 0 saturated carbocycles. The lowest BCUT2D eigenvalue weighted by molar-refractivity contribution is 0.0724. The minimum atomic E-state index is -3.73. The summed E-state index contributed by atoms with van der Waals surface area (Å²) >= 11 is 6.19. The Kier molecular flexibility index (Phi) is 5.53. The van der Waals surface area contributed by atoms with Crippen molar-refractivity contribution in [1.29, 1.82) is 0 Å². The van der Waals surface area contributed by atoms with Crippen LogP contribution in [0.3, 0.4) is 0 Å². The Labute approximate surface area is 159 Å². The topological polar surface area (TPSA) is 66.5 Å². The van der Waals surface area contributed by atoms with Crippen LogP contribution in [0.5, 0.6) is 0 Å². The van der Waals surface area contributed by atoms with E-state index < -0.39 is 10.0 Å². The summed E-state index contributed by atoms with van der Waals surface area (Å²) < 4.78 is 27.6. The van der Waals surface area contributed by atoms with Crippen molar-refractivity contribution < 1.29 is 13.2 Å². The van der Waals surface area contributed by atoms with Gasteiger partial charge in [-0.05, 0) is 56.5 Å². The largest absolute Gasteiger partial charge is 0.339 e.